The highest BCUT2D eigenvalue weighted by Gasteiger charge is 2.20. The fourth-order valence-electron chi connectivity index (χ4n) is 3.71. The van der Waals surface area contributed by atoms with E-state index in [4.69, 9.17) is 4.74 Å². The highest BCUT2D eigenvalue weighted by atomic mass is 32.2. The first-order valence-corrected chi connectivity index (χ1v) is 12.3. The molecule has 2 aromatic carbocycles. The third-order valence-corrected chi connectivity index (χ3v) is 6.73. The summed E-state index contributed by atoms with van der Waals surface area (Å²) in [6.45, 7) is 0.408. The van der Waals surface area contributed by atoms with Gasteiger partial charge in [0.25, 0.3) is 11.5 Å². The summed E-state index contributed by atoms with van der Waals surface area (Å²) in [5.74, 6) is 0.367. The Morgan fingerprint density at radius 2 is 1.86 bits per heavy atom. The Morgan fingerprint density at radius 1 is 1.14 bits per heavy atom. The SMILES string of the molecule is COc1ccc(CCn2c(SCC(=O)N/N=C/c3ccccc3O)nc3c2c(=O)n(C)c(=O)n3C)cc1. The number of thioether (sulfide) groups is 1. The molecule has 0 saturated heterocycles. The largest absolute Gasteiger partial charge is 0.507 e. The van der Waals surface area contributed by atoms with Crippen molar-refractivity contribution >= 4 is 35.0 Å². The van der Waals surface area contributed by atoms with Gasteiger partial charge in [-0.3, -0.25) is 18.7 Å². The van der Waals surface area contributed by atoms with Crippen LogP contribution in [0.4, 0.5) is 0 Å². The molecule has 37 heavy (non-hydrogen) atoms. The van der Waals surface area contributed by atoms with E-state index in [2.05, 4.69) is 15.5 Å². The van der Waals surface area contributed by atoms with E-state index in [1.54, 1.807) is 36.9 Å². The maximum atomic E-state index is 13.0. The number of hydrogen-bond donors (Lipinski definition) is 2. The number of methoxy groups -OCH3 is 1. The molecule has 0 saturated carbocycles. The molecule has 2 aromatic heterocycles. The van der Waals surface area contributed by atoms with Gasteiger partial charge in [0.1, 0.15) is 11.5 Å². The van der Waals surface area contributed by atoms with Gasteiger partial charge in [0.2, 0.25) is 0 Å². The Labute approximate surface area is 216 Å². The maximum Gasteiger partial charge on any atom is 0.332 e. The van der Waals surface area contributed by atoms with Crippen molar-refractivity contribution in [2.24, 2.45) is 19.2 Å². The molecule has 0 unspecified atom stereocenters. The zero-order valence-corrected chi connectivity index (χ0v) is 21.4. The van der Waals surface area contributed by atoms with Crippen molar-refractivity contribution in [1.29, 1.82) is 0 Å². The number of nitrogens with zero attached hydrogens (tertiary/aromatic N) is 5. The molecular weight excluding hydrogens is 496 g/mol. The van der Waals surface area contributed by atoms with E-state index in [-0.39, 0.29) is 17.1 Å². The first kappa shape index (κ1) is 25.8. The van der Waals surface area contributed by atoms with Crippen LogP contribution >= 0.6 is 11.8 Å². The predicted octanol–water partition coefficient (Wildman–Crippen LogP) is 1.63. The highest BCUT2D eigenvalue weighted by molar-refractivity contribution is 7.99. The molecule has 0 aliphatic carbocycles. The number of carbonyl (C=O) groups is 1. The molecule has 0 atom stereocenters. The van der Waals surface area contributed by atoms with Gasteiger partial charge in [-0.05, 0) is 36.2 Å². The van der Waals surface area contributed by atoms with Crippen LogP contribution in [0, 0.1) is 0 Å². The van der Waals surface area contributed by atoms with Gasteiger partial charge in [-0.1, -0.05) is 36.0 Å². The van der Waals surface area contributed by atoms with Gasteiger partial charge in [-0.15, -0.1) is 0 Å². The van der Waals surface area contributed by atoms with E-state index in [1.165, 1.54) is 23.9 Å². The molecule has 11 nitrogen and oxygen atoms in total. The first-order valence-electron chi connectivity index (χ1n) is 11.3. The van der Waals surface area contributed by atoms with Crippen molar-refractivity contribution < 1.29 is 14.6 Å². The van der Waals surface area contributed by atoms with Crippen molar-refractivity contribution in [2.75, 3.05) is 12.9 Å². The summed E-state index contributed by atoms with van der Waals surface area (Å²) >= 11 is 1.13. The second-order valence-corrected chi connectivity index (χ2v) is 9.11. The summed E-state index contributed by atoms with van der Waals surface area (Å²) in [5.41, 5.74) is 3.52. The fraction of sp³-hybridized carbons (Fsp3) is 0.240. The normalized spacial score (nSPS) is 11.3. The van der Waals surface area contributed by atoms with Gasteiger partial charge in [0.05, 0.1) is 19.1 Å². The van der Waals surface area contributed by atoms with Gasteiger partial charge >= 0.3 is 5.69 Å². The monoisotopic (exact) mass is 522 g/mol. The summed E-state index contributed by atoms with van der Waals surface area (Å²) in [7, 11) is 4.58. The number of carbonyl (C=O) groups excluding carboxylic acids is 1. The molecular formula is C25H26N6O5S. The first-order chi connectivity index (χ1) is 17.8. The number of hydrazone groups is 1. The summed E-state index contributed by atoms with van der Waals surface area (Å²) in [6.07, 6.45) is 1.94. The van der Waals surface area contributed by atoms with Crippen LogP contribution < -0.4 is 21.4 Å². The molecule has 12 heteroatoms. The number of phenols is 1. The topological polar surface area (TPSA) is 133 Å². The maximum absolute atomic E-state index is 13.0. The number of fused-ring (bicyclic) bond motifs is 1. The number of imidazole rings is 1. The zero-order chi connectivity index (χ0) is 26.5. The number of nitrogens with one attached hydrogen (secondary N) is 1. The molecule has 2 N–H and O–H groups in total. The average molecular weight is 523 g/mol. The van der Waals surface area contributed by atoms with E-state index < -0.39 is 17.2 Å². The number of aromatic nitrogens is 4. The Kier molecular flexibility index (Phi) is 7.77. The number of rotatable bonds is 9. The summed E-state index contributed by atoms with van der Waals surface area (Å²) in [6, 6.07) is 14.2. The smallest absolute Gasteiger partial charge is 0.332 e. The van der Waals surface area contributed by atoms with Crippen LogP contribution in [0.1, 0.15) is 11.1 Å². The van der Waals surface area contributed by atoms with Crippen LogP contribution in [0.5, 0.6) is 11.5 Å². The standard InChI is InChI=1S/C25H26N6O5S/c1-29-22-21(23(34)30(2)25(29)35)31(13-12-16-8-10-18(36-3)11-9-16)24(27-22)37-15-20(33)28-26-14-17-6-4-5-7-19(17)32/h4-11,14,32H,12-13,15H2,1-3H3,(H,28,33)/b26-14+. The number of aryl methyl sites for hydroxylation is 3. The molecule has 0 aliphatic heterocycles. The van der Waals surface area contributed by atoms with E-state index >= 15 is 0 Å². The van der Waals surface area contributed by atoms with E-state index in [1.807, 2.05) is 24.3 Å². The van der Waals surface area contributed by atoms with Gasteiger partial charge in [0.15, 0.2) is 16.3 Å². The molecule has 0 spiro atoms. The number of ether oxygens (including phenoxy) is 1. The lowest BCUT2D eigenvalue weighted by atomic mass is 10.1. The minimum Gasteiger partial charge on any atom is -0.507 e. The van der Waals surface area contributed by atoms with Crippen molar-refractivity contribution in [2.45, 2.75) is 18.1 Å². The second-order valence-electron chi connectivity index (χ2n) is 8.16. The third kappa shape index (κ3) is 5.59. The lowest BCUT2D eigenvalue weighted by molar-refractivity contribution is -0.118. The number of amides is 1. The fourth-order valence-corrected chi connectivity index (χ4v) is 4.52. The Bertz CT molecular complexity index is 1590. The second kappa shape index (κ2) is 11.2. The molecule has 4 rings (SSSR count). The molecule has 192 valence electrons. The van der Waals surface area contributed by atoms with Crippen molar-refractivity contribution in [3.05, 3.63) is 80.5 Å². The number of hydrogen-bond acceptors (Lipinski definition) is 8. The van der Waals surface area contributed by atoms with Crippen molar-refractivity contribution in [1.82, 2.24) is 24.1 Å². The molecule has 1 amide bonds. The summed E-state index contributed by atoms with van der Waals surface area (Å²) in [5, 5.41) is 14.1. The van der Waals surface area contributed by atoms with Crippen LogP contribution in [0.2, 0.25) is 0 Å². The Balaban J connectivity index is 1.57. The van der Waals surface area contributed by atoms with Crippen LogP contribution in [0.3, 0.4) is 0 Å². The molecule has 0 bridgehead atoms. The van der Waals surface area contributed by atoms with Crippen LogP contribution in [-0.2, 0) is 31.9 Å². The number of benzene rings is 2. The average Bonchev–Trinajstić information content (AvgIpc) is 3.28. The lowest BCUT2D eigenvalue weighted by Crippen LogP contribution is -2.37. The molecule has 2 heterocycles. The zero-order valence-electron chi connectivity index (χ0n) is 20.5. The number of phenolic OH excluding ortho intramolecular Hbond substituents is 1. The minimum absolute atomic E-state index is 0.0295. The predicted molar refractivity (Wildman–Crippen MR) is 141 cm³/mol. The van der Waals surface area contributed by atoms with Gasteiger partial charge in [-0.2, -0.15) is 5.10 Å². The van der Waals surface area contributed by atoms with Crippen LogP contribution in [-0.4, -0.2) is 48.8 Å². The van der Waals surface area contributed by atoms with Crippen LogP contribution in [0.25, 0.3) is 11.2 Å². The molecule has 4 aromatic rings. The van der Waals surface area contributed by atoms with Gasteiger partial charge in [-0.25, -0.2) is 15.2 Å². The van der Waals surface area contributed by atoms with Crippen molar-refractivity contribution in [3.63, 3.8) is 0 Å². The quantitative estimate of drug-likeness (QED) is 0.194. The van der Waals surface area contributed by atoms with Gasteiger partial charge < -0.3 is 14.4 Å². The lowest BCUT2D eigenvalue weighted by Gasteiger charge is -2.10. The van der Waals surface area contributed by atoms with E-state index in [0.717, 1.165) is 27.6 Å². The van der Waals surface area contributed by atoms with Crippen molar-refractivity contribution in [3.8, 4) is 11.5 Å². The number of aromatic hydroxyl groups is 1. The minimum atomic E-state index is -0.481. The van der Waals surface area contributed by atoms with Gasteiger partial charge in [0, 0.05) is 26.2 Å². The summed E-state index contributed by atoms with van der Waals surface area (Å²) < 4.78 is 9.31. The Hall–Kier alpha value is -4.32. The number of para-hydroxylation sites is 1. The van der Waals surface area contributed by atoms with E-state index in [9.17, 15) is 19.5 Å². The summed E-state index contributed by atoms with van der Waals surface area (Å²) in [4.78, 5) is 42.4. The van der Waals surface area contributed by atoms with E-state index in [0.29, 0.717) is 29.2 Å². The molecule has 0 aliphatic rings. The molecule has 0 radical (unpaired) electrons. The highest BCUT2D eigenvalue weighted by Crippen LogP contribution is 2.23. The molecule has 0 fully saturated rings. The third-order valence-electron chi connectivity index (χ3n) is 5.76. The Morgan fingerprint density at radius 3 is 2.57 bits per heavy atom. The van der Waals surface area contributed by atoms with Crippen LogP contribution in [0.15, 0.2) is 68.4 Å².